The lowest BCUT2D eigenvalue weighted by molar-refractivity contribution is -0.351. The fourth-order valence-corrected chi connectivity index (χ4v) is 14.1. The van der Waals surface area contributed by atoms with Gasteiger partial charge in [0.05, 0.1) is 85.1 Å². The number of ketones is 1. The Labute approximate surface area is 494 Å². The third-order valence-corrected chi connectivity index (χ3v) is 18.3. The second-order valence-corrected chi connectivity index (χ2v) is 25.8. The van der Waals surface area contributed by atoms with Crippen LogP contribution in [0.2, 0.25) is 0 Å². The van der Waals surface area contributed by atoms with Crippen molar-refractivity contribution in [3.63, 3.8) is 0 Å². The highest BCUT2D eigenvalue weighted by atomic mass is 16.7. The zero-order valence-electron chi connectivity index (χ0n) is 50.4. The molecule has 0 amide bonds. The SMILES string of the molecule is C=C/C=C/[C@@H](O)CC(=C)C[C@H]1O[C@@H]2[C@H](C)[C@@H](OC(=O)C[C@H]3C[C@H](OC(C)=O)C[C@@]4(C[C@@](C)(O)C[C@H](CC(=C)[C@@H](C)[C@H](OC(C)=O)[C@H](C)C(=O)C[C@@H]5C[C@H](OC)C[C@@]6(C[C@@H](O)C[C@H](C=CCCC[C@H]7O[C@](O)(C[C@H](O)[C@H]7C)[C@H]2O)O6)O5)O4)O3)[C@@H]1O. The van der Waals surface area contributed by atoms with E-state index in [4.69, 9.17) is 47.4 Å². The molecule has 0 aliphatic carbocycles. The Morgan fingerprint density at radius 1 is 0.810 bits per heavy atom. The lowest BCUT2D eigenvalue weighted by Gasteiger charge is -2.52. The fraction of sp³-hybridized carbons (Fsp3) is 0.778. The standard InChI is InChI=1S/C63H96O21/c1-12-13-17-42(66)20-34(2)21-53-55(71)57-39(7)58(78-53)59(72)63(74)32-51(69)37(5)52(84-63)19-16-14-15-18-44-23-43(67)28-61(80-44)30-47(75-11)24-45(81-61)26-50(68)38(6)56(77-41(9)65)36(4)35(3)22-49-29-60(10,73)33-62(83-49)31-48(76-40(8)64)25-46(82-62)27-54(70)79-57/h12-13,15,17-18,36-39,42-49,51-53,55-59,66-67,69,71-74H,1-3,14,16,19-33H2,4-11H3/b17-13+,18-15?/t36-,37-,38-,39-,42-,43+,44+,45+,46-,47+,48+,49+,51+,52-,53-,55-,56+,57-,58-,59+,60+,61-,62-,63-/m1/s1. The highest BCUT2D eigenvalue weighted by molar-refractivity contribution is 5.82. The van der Waals surface area contributed by atoms with Crippen LogP contribution >= 0.6 is 0 Å². The van der Waals surface area contributed by atoms with Crippen LogP contribution in [-0.4, -0.2) is 187 Å². The van der Waals surface area contributed by atoms with Gasteiger partial charge in [-0.25, -0.2) is 0 Å². The molecular weight excluding hydrogens is 1090 g/mol. The smallest absolute Gasteiger partial charge is 0.308 e. The number of esters is 3. The topological polar surface area (TPSA) is 302 Å². The number of carbonyl (C=O) groups excluding carboxylic acids is 4. The summed E-state index contributed by atoms with van der Waals surface area (Å²) in [6.07, 6.45) is -6.46. The number of fused-ring (bicyclic) bond motifs is 8. The van der Waals surface area contributed by atoms with Crippen molar-refractivity contribution < 1.29 is 102 Å². The van der Waals surface area contributed by atoms with E-state index in [-0.39, 0.29) is 76.1 Å². The van der Waals surface area contributed by atoms with E-state index in [1.165, 1.54) is 26.0 Å². The summed E-state index contributed by atoms with van der Waals surface area (Å²) in [6.45, 7) is 23.1. The first-order valence-corrected chi connectivity index (χ1v) is 30.2. The molecule has 7 N–H and O–H groups in total. The lowest BCUT2D eigenvalue weighted by atomic mass is 9.78. The molecule has 0 aromatic rings. The van der Waals surface area contributed by atoms with E-state index in [1.807, 2.05) is 12.2 Å². The van der Waals surface area contributed by atoms with Crippen molar-refractivity contribution in [2.24, 2.45) is 23.7 Å². The van der Waals surface area contributed by atoms with Gasteiger partial charge in [0, 0.05) is 103 Å². The van der Waals surface area contributed by atoms with Crippen LogP contribution in [0.4, 0.5) is 0 Å². The molecule has 6 saturated heterocycles. The van der Waals surface area contributed by atoms with Gasteiger partial charge in [-0.05, 0) is 45.4 Å². The molecule has 84 heavy (non-hydrogen) atoms. The van der Waals surface area contributed by atoms with Gasteiger partial charge in [0.15, 0.2) is 17.4 Å². The van der Waals surface area contributed by atoms with Crippen LogP contribution in [0.5, 0.6) is 0 Å². The molecule has 0 saturated carbocycles. The molecule has 7 aliphatic heterocycles. The number of Topliss-reactive ketones (excluding diaryl/α,β-unsaturated/α-hetero) is 1. The van der Waals surface area contributed by atoms with Crippen LogP contribution in [0.1, 0.15) is 158 Å². The zero-order valence-corrected chi connectivity index (χ0v) is 50.4. The number of rotatable bonds is 9. The van der Waals surface area contributed by atoms with Crippen molar-refractivity contribution in [3.05, 3.63) is 61.3 Å². The van der Waals surface area contributed by atoms with Crippen LogP contribution in [-0.2, 0) is 66.5 Å². The summed E-state index contributed by atoms with van der Waals surface area (Å²) in [7, 11) is 1.57. The molecule has 0 aromatic carbocycles. The Bertz CT molecular complexity index is 2370. The molecule has 2 spiro atoms. The first-order chi connectivity index (χ1) is 39.4. The molecule has 21 heteroatoms. The predicted molar refractivity (Wildman–Crippen MR) is 303 cm³/mol. The summed E-state index contributed by atoms with van der Waals surface area (Å²) in [5, 5.41) is 82.3. The van der Waals surface area contributed by atoms with E-state index in [2.05, 4.69) is 19.7 Å². The van der Waals surface area contributed by atoms with Crippen molar-refractivity contribution in [3.8, 4) is 0 Å². The van der Waals surface area contributed by atoms with Crippen molar-refractivity contribution in [2.75, 3.05) is 7.11 Å². The Kier molecular flexibility index (Phi) is 23.0. The molecule has 0 aromatic heterocycles. The molecular formula is C63H96O21. The minimum atomic E-state index is -2.39. The summed E-state index contributed by atoms with van der Waals surface area (Å²) < 4.78 is 63.4. The number of methoxy groups -OCH3 is 1. The molecule has 24 atom stereocenters. The number of aliphatic hydroxyl groups excluding tert-OH is 5. The molecule has 10 bridgehead atoms. The van der Waals surface area contributed by atoms with E-state index < -0.39 is 169 Å². The quantitative estimate of drug-likeness (QED) is 0.0663. The van der Waals surface area contributed by atoms with E-state index in [9.17, 15) is 54.9 Å². The highest BCUT2D eigenvalue weighted by Crippen LogP contribution is 2.48. The zero-order chi connectivity index (χ0) is 61.6. The van der Waals surface area contributed by atoms with E-state index >= 15 is 0 Å². The number of aliphatic hydroxyl groups is 7. The number of carbonyl (C=O) groups is 4. The maximum Gasteiger partial charge on any atom is 0.308 e. The normalized spacial score (nSPS) is 44.5. The van der Waals surface area contributed by atoms with Crippen molar-refractivity contribution in [1.29, 1.82) is 0 Å². The molecule has 7 rings (SSSR count). The maximum absolute atomic E-state index is 14.4. The number of ether oxygens (including phenoxy) is 10. The molecule has 21 nitrogen and oxygen atoms in total. The van der Waals surface area contributed by atoms with E-state index in [0.717, 1.165) is 0 Å². The third kappa shape index (κ3) is 17.3. The Balaban J connectivity index is 1.22. The maximum atomic E-state index is 14.4. The van der Waals surface area contributed by atoms with Gasteiger partial charge >= 0.3 is 17.9 Å². The van der Waals surface area contributed by atoms with Crippen molar-refractivity contribution >= 4 is 23.7 Å². The Hall–Kier alpha value is -3.78. The van der Waals surface area contributed by atoms with Gasteiger partial charge in [-0.15, -0.1) is 0 Å². The van der Waals surface area contributed by atoms with Crippen LogP contribution in [0.25, 0.3) is 0 Å². The minimum Gasteiger partial charge on any atom is -0.462 e. The molecule has 7 heterocycles. The van der Waals surface area contributed by atoms with Gasteiger partial charge in [-0.2, -0.15) is 0 Å². The van der Waals surface area contributed by atoms with Crippen molar-refractivity contribution in [2.45, 2.75) is 278 Å². The van der Waals surface area contributed by atoms with Crippen LogP contribution in [0.3, 0.4) is 0 Å². The summed E-state index contributed by atoms with van der Waals surface area (Å²) in [4.78, 5) is 54.3. The van der Waals surface area contributed by atoms with Crippen LogP contribution in [0, 0.1) is 23.7 Å². The Morgan fingerprint density at radius 3 is 2.17 bits per heavy atom. The predicted octanol–water partition coefficient (Wildman–Crippen LogP) is 5.34. The van der Waals surface area contributed by atoms with Crippen molar-refractivity contribution in [1.82, 2.24) is 0 Å². The van der Waals surface area contributed by atoms with Gasteiger partial charge < -0.3 is 83.1 Å². The van der Waals surface area contributed by atoms with Gasteiger partial charge in [0.2, 0.25) is 0 Å². The van der Waals surface area contributed by atoms with Gasteiger partial charge in [-0.3, -0.25) is 19.2 Å². The second kappa shape index (κ2) is 28.6. The molecule has 6 fully saturated rings. The lowest BCUT2D eigenvalue weighted by Crippen LogP contribution is -2.65. The Morgan fingerprint density at radius 2 is 1.48 bits per heavy atom. The first-order valence-electron chi connectivity index (χ1n) is 30.2. The average molecular weight is 1190 g/mol. The summed E-state index contributed by atoms with van der Waals surface area (Å²) in [5.74, 6) is -10.6. The number of hydrogen-bond acceptors (Lipinski definition) is 21. The third-order valence-electron chi connectivity index (χ3n) is 18.3. The second-order valence-electron chi connectivity index (χ2n) is 25.8. The fourth-order valence-electron chi connectivity index (χ4n) is 14.1. The molecule has 0 radical (unpaired) electrons. The average Bonchev–Trinajstić information content (AvgIpc) is 1.09. The molecule has 0 unspecified atom stereocenters. The number of hydrogen-bond donors (Lipinski definition) is 7. The molecule has 474 valence electrons. The molecule has 7 aliphatic rings. The summed E-state index contributed by atoms with van der Waals surface area (Å²) in [6, 6.07) is 0. The number of allylic oxidation sites excluding steroid dienone is 3. The monoisotopic (exact) mass is 1190 g/mol. The van der Waals surface area contributed by atoms with Gasteiger partial charge in [0.1, 0.15) is 36.3 Å². The van der Waals surface area contributed by atoms with Crippen LogP contribution in [0.15, 0.2) is 61.3 Å². The largest absolute Gasteiger partial charge is 0.462 e. The van der Waals surface area contributed by atoms with E-state index in [0.29, 0.717) is 43.3 Å². The van der Waals surface area contributed by atoms with Gasteiger partial charge in [0.25, 0.3) is 0 Å². The van der Waals surface area contributed by atoms with E-state index in [1.54, 1.807) is 47.8 Å². The minimum absolute atomic E-state index is 0.0156. The first kappa shape index (κ1) is 67.7. The van der Waals surface area contributed by atoms with Crippen LogP contribution < -0.4 is 0 Å². The van der Waals surface area contributed by atoms with Gasteiger partial charge in [-0.1, -0.05) is 89.0 Å². The summed E-state index contributed by atoms with van der Waals surface area (Å²) >= 11 is 0. The summed E-state index contributed by atoms with van der Waals surface area (Å²) in [5.41, 5.74) is -0.456. The highest BCUT2D eigenvalue weighted by Gasteiger charge is 2.58.